The number of carbonyl (C=O) groups is 2. The van der Waals surface area contributed by atoms with E-state index in [2.05, 4.69) is 25.1 Å². The van der Waals surface area contributed by atoms with Crippen molar-refractivity contribution in [1.82, 2.24) is 14.5 Å². The monoisotopic (exact) mass is 542 g/mol. The van der Waals surface area contributed by atoms with Crippen LogP contribution in [0, 0.1) is 6.92 Å². The Balaban J connectivity index is 1.18. The number of halogens is 1. The first-order chi connectivity index (χ1) is 18.9. The number of ether oxygens (including phenoxy) is 1. The smallest absolute Gasteiger partial charge is 0.298 e. The summed E-state index contributed by atoms with van der Waals surface area (Å²) in [5.41, 5.74) is 4.32. The van der Waals surface area contributed by atoms with E-state index < -0.39 is 11.7 Å². The van der Waals surface area contributed by atoms with Gasteiger partial charge in [0.15, 0.2) is 0 Å². The number of carbonyl (C=O) groups excluding carboxylic acids is 2. The molecule has 0 bridgehead atoms. The summed E-state index contributed by atoms with van der Waals surface area (Å²) in [7, 11) is 1.80. The number of rotatable bonds is 5. The SMILES string of the molecule is Cc1cc(-c2ccccc2)c(C(=O)C(=O)Nc2ccc3c(c2)OC[C@H]2CN(c4nccc(Cl)n4)CCN32)n1C. The third-order valence-electron chi connectivity index (χ3n) is 7.31. The summed E-state index contributed by atoms with van der Waals surface area (Å²) in [4.78, 5) is 39.5. The van der Waals surface area contributed by atoms with Gasteiger partial charge >= 0.3 is 0 Å². The van der Waals surface area contributed by atoms with Crippen LogP contribution in [0.25, 0.3) is 11.1 Å². The Hall–Kier alpha value is -4.37. The predicted octanol–water partition coefficient (Wildman–Crippen LogP) is 4.35. The first-order valence-corrected chi connectivity index (χ1v) is 13.1. The van der Waals surface area contributed by atoms with E-state index in [1.807, 2.05) is 49.4 Å². The Morgan fingerprint density at radius 2 is 1.90 bits per heavy atom. The number of piperazine rings is 1. The zero-order valence-corrected chi connectivity index (χ0v) is 22.4. The minimum Gasteiger partial charge on any atom is -0.489 e. The Kier molecular flexibility index (Phi) is 6.44. The lowest BCUT2D eigenvalue weighted by atomic mass is 10.0. The number of fused-ring (bicyclic) bond motifs is 3. The first kappa shape index (κ1) is 24.9. The third-order valence-corrected chi connectivity index (χ3v) is 7.52. The zero-order valence-electron chi connectivity index (χ0n) is 21.6. The summed E-state index contributed by atoms with van der Waals surface area (Å²) in [6, 6.07) is 18.8. The van der Waals surface area contributed by atoms with Crippen molar-refractivity contribution in [2.45, 2.75) is 13.0 Å². The number of nitrogens with zero attached hydrogens (tertiary/aromatic N) is 5. The van der Waals surface area contributed by atoms with E-state index in [1.54, 1.807) is 36.0 Å². The molecule has 10 heteroatoms. The van der Waals surface area contributed by atoms with Crippen LogP contribution in [0.2, 0.25) is 5.15 Å². The van der Waals surface area contributed by atoms with Crippen molar-refractivity contribution in [1.29, 1.82) is 0 Å². The quantitative estimate of drug-likeness (QED) is 0.228. The average molecular weight is 543 g/mol. The molecular weight excluding hydrogens is 516 g/mol. The van der Waals surface area contributed by atoms with E-state index in [0.29, 0.717) is 41.4 Å². The molecule has 4 heterocycles. The number of benzene rings is 2. The molecule has 0 radical (unpaired) electrons. The molecule has 4 aromatic rings. The second kappa shape index (κ2) is 10.1. The standard InChI is InChI=1S/C29H27ClN6O3/c1-18-14-22(19-6-4-3-5-7-19)26(34(18)2)27(37)28(38)32-20-8-9-23-24(15-20)39-17-21-16-35(12-13-36(21)23)29-31-11-10-25(30)33-29/h3-11,14-15,21H,12-13,16-17H2,1-2H3,(H,32,38)/t21-/m1/s1. The van der Waals surface area contributed by atoms with Gasteiger partial charge in [0.05, 0.1) is 11.7 Å². The molecule has 1 saturated heterocycles. The van der Waals surface area contributed by atoms with Gasteiger partial charge in [0.25, 0.3) is 11.7 Å². The van der Waals surface area contributed by atoms with Gasteiger partial charge in [0.1, 0.15) is 23.2 Å². The molecule has 0 unspecified atom stereocenters. The molecule has 0 aliphatic carbocycles. The molecule has 39 heavy (non-hydrogen) atoms. The minimum atomic E-state index is -0.697. The van der Waals surface area contributed by atoms with Crippen LogP contribution in [0.1, 0.15) is 16.2 Å². The molecule has 9 nitrogen and oxygen atoms in total. The van der Waals surface area contributed by atoms with E-state index in [9.17, 15) is 9.59 Å². The van der Waals surface area contributed by atoms with Crippen molar-refractivity contribution in [2.24, 2.45) is 7.05 Å². The molecule has 0 spiro atoms. The normalized spacial score (nSPS) is 16.2. The summed E-state index contributed by atoms with van der Waals surface area (Å²) in [5, 5.41) is 3.19. The summed E-state index contributed by atoms with van der Waals surface area (Å²) in [6.45, 7) is 4.59. The molecule has 0 saturated carbocycles. The number of nitrogens with one attached hydrogen (secondary N) is 1. The van der Waals surface area contributed by atoms with Crippen molar-refractivity contribution < 1.29 is 14.3 Å². The Morgan fingerprint density at radius 1 is 1.08 bits per heavy atom. The highest BCUT2D eigenvalue weighted by Gasteiger charge is 2.34. The molecule has 2 aromatic heterocycles. The van der Waals surface area contributed by atoms with Gasteiger partial charge in [0.2, 0.25) is 5.95 Å². The molecule has 198 valence electrons. The summed E-state index contributed by atoms with van der Waals surface area (Å²) < 4.78 is 7.85. The lowest BCUT2D eigenvalue weighted by molar-refractivity contribution is -0.112. The molecule has 1 atom stereocenters. The maximum Gasteiger partial charge on any atom is 0.298 e. The number of amides is 1. The van der Waals surface area contributed by atoms with Gasteiger partial charge in [0, 0.05) is 55.9 Å². The van der Waals surface area contributed by atoms with Gasteiger partial charge in [-0.05, 0) is 36.8 Å². The fraction of sp³-hybridized carbons (Fsp3) is 0.241. The van der Waals surface area contributed by atoms with Crippen LogP contribution in [-0.2, 0) is 11.8 Å². The molecule has 2 aliphatic heterocycles. The number of aryl methyl sites for hydroxylation is 1. The summed E-state index contributed by atoms with van der Waals surface area (Å²) >= 11 is 6.05. The van der Waals surface area contributed by atoms with E-state index in [4.69, 9.17) is 16.3 Å². The van der Waals surface area contributed by atoms with Crippen LogP contribution >= 0.6 is 11.6 Å². The number of anilines is 3. The number of Topliss-reactive ketones (excluding diaryl/α,β-unsaturated/α-hetero) is 1. The van der Waals surface area contributed by atoms with Crippen LogP contribution in [-0.4, -0.2) is 58.5 Å². The lowest BCUT2D eigenvalue weighted by Gasteiger charge is -2.45. The van der Waals surface area contributed by atoms with E-state index >= 15 is 0 Å². The molecule has 2 aliphatic rings. The van der Waals surface area contributed by atoms with Gasteiger partial charge in [-0.3, -0.25) is 9.59 Å². The fourth-order valence-electron chi connectivity index (χ4n) is 5.25. The second-order valence-corrected chi connectivity index (χ2v) is 10.1. The summed E-state index contributed by atoms with van der Waals surface area (Å²) in [5.74, 6) is -0.0113. The molecule has 6 rings (SSSR count). The van der Waals surface area contributed by atoms with Crippen LogP contribution < -0.4 is 19.9 Å². The molecule has 1 N–H and O–H groups in total. The van der Waals surface area contributed by atoms with Crippen molar-refractivity contribution in [3.05, 3.63) is 83.4 Å². The van der Waals surface area contributed by atoms with Gasteiger partial charge in [-0.25, -0.2) is 9.97 Å². The van der Waals surface area contributed by atoms with Gasteiger partial charge in [-0.2, -0.15) is 0 Å². The highest BCUT2D eigenvalue weighted by atomic mass is 35.5. The van der Waals surface area contributed by atoms with Crippen molar-refractivity contribution in [2.75, 3.05) is 41.4 Å². The highest BCUT2D eigenvalue weighted by Crippen LogP contribution is 2.38. The Labute approximate surface area is 231 Å². The molecule has 1 fully saturated rings. The lowest BCUT2D eigenvalue weighted by Crippen LogP contribution is -2.57. The van der Waals surface area contributed by atoms with Gasteiger partial charge in [-0.1, -0.05) is 41.9 Å². The molecule has 2 aromatic carbocycles. The number of ketones is 1. The predicted molar refractivity (Wildman–Crippen MR) is 151 cm³/mol. The number of hydrogen-bond acceptors (Lipinski definition) is 7. The third kappa shape index (κ3) is 4.70. The van der Waals surface area contributed by atoms with E-state index in [0.717, 1.165) is 35.6 Å². The maximum atomic E-state index is 13.3. The van der Waals surface area contributed by atoms with Crippen molar-refractivity contribution in [3.63, 3.8) is 0 Å². The van der Waals surface area contributed by atoms with Crippen molar-refractivity contribution in [3.8, 4) is 16.9 Å². The zero-order chi connectivity index (χ0) is 27.1. The van der Waals surface area contributed by atoms with Crippen LogP contribution in [0.5, 0.6) is 5.75 Å². The first-order valence-electron chi connectivity index (χ1n) is 12.7. The topological polar surface area (TPSA) is 92.6 Å². The average Bonchev–Trinajstić information content (AvgIpc) is 3.26. The van der Waals surface area contributed by atoms with E-state index in [-0.39, 0.29) is 6.04 Å². The number of hydrogen-bond donors (Lipinski definition) is 1. The van der Waals surface area contributed by atoms with Crippen LogP contribution in [0.3, 0.4) is 0 Å². The Bertz CT molecular complexity index is 1570. The maximum absolute atomic E-state index is 13.3. The fourth-order valence-corrected chi connectivity index (χ4v) is 5.38. The highest BCUT2D eigenvalue weighted by molar-refractivity contribution is 6.47. The van der Waals surface area contributed by atoms with E-state index in [1.165, 1.54) is 0 Å². The summed E-state index contributed by atoms with van der Waals surface area (Å²) in [6.07, 6.45) is 1.66. The van der Waals surface area contributed by atoms with Crippen LogP contribution in [0.4, 0.5) is 17.3 Å². The van der Waals surface area contributed by atoms with Gasteiger partial charge < -0.3 is 24.4 Å². The largest absolute Gasteiger partial charge is 0.489 e. The number of aromatic nitrogens is 3. The Morgan fingerprint density at radius 3 is 2.69 bits per heavy atom. The minimum absolute atomic E-state index is 0.118. The molecule has 1 amide bonds. The van der Waals surface area contributed by atoms with Crippen LogP contribution in [0.15, 0.2) is 66.9 Å². The second-order valence-electron chi connectivity index (χ2n) is 9.72. The van der Waals surface area contributed by atoms with Crippen molar-refractivity contribution >= 4 is 40.6 Å². The molecular formula is C29H27ClN6O3. The van der Waals surface area contributed by atoms with Gasteiger partial charge in [-0.15, -0.1) is 0 Å².